The van der Waals surface area contributed by atoms with E-state index < -0.39 is 0 Å². The van der Waals surface area contributed by atoms with Crippen molar-refractivity contribution in [3.05, 3.63) is 56.9 Å². The number of rotatable bonds is 5. The first-order valence-electron chi connectivity index (χ1n) is 9.42. The Morgan fingerprint density at radius 2 is 1.97 bits per heavy atom. The lowest BCUT2D eigenvalue weighted by atomic mass is 10.1. The summed E-state index contributed by atoms with van der Waals surface area (Å²) in [6.45, 7) is 5.64. The van der Waals surface area contributed by atoms with Crippen LogP contribution in [0.15, 0.2) is 36.4 Å². The van der Waals surface area contributed by atoms with Gasteiger partial charge in [-0.05, 0) is 30.7 Å². The summed E-state index contributed by atoms with van der Waals surface area (Å²) >= 11 is 8.95. The van der Waals surface area contributed by atoms with E-state index in [9.17, 15) is 4.79 Å². The topological polar surface area (TPSA) is 45.7 Å². The SMILES string of the molecule is Cc1nc(-c2ccc(Cl)s2)sc1C(=O)N(C)Cc1ccccc1N1CCOCC1. The van der Waals surface area contributed by atoms with E-state index >= 15 is 0 Å². The van der Waals surface area contributed by atoms with E-state index in [1.165, 1.54) is 28.4 Å². The largest absolute Gasteiger partial charge is 0.378 e. The van der Waals surface area contributed by atoms with Crippen molar-refractivity contribution in [3.8, 4) is 9.88 Å². The predicted molar refractivity (Wildman–Crippen MR) is 120 cm³/mol. The smallest absolute Gasteiger partial charge is 0.265 e. The minimum atomic E-state index is -0.00863. The molecule has 2 aromatic heterocycles. The number of nitrogens with zero attached hydrogens (tertiary/aromatic N) is 3. The Labute approximate surface area is 183 Å². The van der Waals surface area contributed by atoms with E-state index in [-0.39, 0.29) is 5.91 Å². The lowest BCUT2D eigenvalue weighted by Crippen LogP contribution is -2.37. The van der Waals surface area contributed by atoms with Crippen molar-refractivity contribution in [2.45, 2.75) is 13.5 Å². The van der Waals surface area contributed by atoms with Crippen LogP contribution in [0.5, 0.6) is 0 Å². The molecule has 1 aliphatic heterocycles. The van der Waals surface area contributed by atoms with E-state index in [0.717, 1.165) is 51.8 Å². The average molecular weight is 448 g/mol. The molecule has 1 fully saturated rings. The molecule has 29 heavy (non-hydrogen) atoms. The zero-order valence-electron chi connectivity index (χ0n) is 16.4. The molecule has 0 atom stereocenters. The number of para-hydroxylation sites is 1. The maximum absolute atomic E-state index is 13.1. The standard InChI is InChI=1S/C21H22ClN3O2S2/c1-14-19(29-20(23-14)17-7-8-18(22)28-17)21(26)24(2)13-15-5-3-4-6-16(15)25-9-11-27-12-10-25/h3-8H,9-13H2,1-2H3. The second kappa shape index (κ2) is 8.83. The number of amides is 1. The van der Waals surface area contributed by atoms with Crippen molar-refractivity contribution in [1.82, 2.24) is 9.88 Å². The van der Waals surface area contributed by atoms with Gasteiger partial charge in [0, 0.05) is 32.4 Å². The highest BCUT2D eigenvalue weighted by molar-refractivity contribution is 7.24. The van der Waals surface area contributed by atoms with E-state index in [2.05, 4.69) is 22.0 Å². The molecule has 8 heteroatoms. The van der Waals surface area contributed by atoms with E-state index in [0.29, 0.717) is 11.4 Å². The number of carbonyl (C=O) groups is 1. The first-order valence-corrected chi connectivity index (χ1v) is 11.4. The Kier molecular flexibility index (Phi) is 6.20. The molecule has 0 saturated carbocycles. The molecule has 1 aromatic carbocycles. The van der Waals surface area contributed by atoms with Gasteiger partial charge in [-0.2, -0.15) is 0 Å². The Morgan fingerprint density at radius 3 is 2.69 bits per heavy atom. The van der Waals surface area contributed by atoms with Crippen molar-refractivity contribution in [2.75, 3.05) is 38.3 Å². The van der Waals surface area contributed by atoms with Crippen LogP contribution in [0, 0.1) is 6.92 Å². The Balaban J connectivity index is 1.53. The van der Waals surface area contributed by atoms with Crippen molar-refractivity contribution in [3.63, 3.8) is 0 Å². The molecule has 5 nitrogen and oxygen atoms in total. The summed E-state index contributed by atoms with van der Waals surface area (Å²) in [7, 11) is 1.85. The third-order valence-corrected chi connectivity index (χ3v) is 7.42. The second-order valence-electron chi connectivity index (χ2n) is 6.93. The molecule has 0 aliphatic carbocycles. The number of hydrogen-bond acceptors (Lipinski definition) is 6. The summed E-state index contributed by atoms with van der Waals surface area (Å²) in [5.41, 5.74) is 3.07. The second-order valence-corrected chi connectivity index (χ2v) is 9.64. The minimum Gasteiger partial charge on any atom is -0.378 e. The van der Waals surface area contributed by atoms with Crippen LogP contribution < -0.4 is 4.90 Å². The van der Waals surface area contributed by atoms with Gasteiger partial charge in [0.1, 0.15) is 9.88 Å². The molecular formula is C21H22ClN3O2S2. The van der Waals surface area contributed by atoms with Gasteiger partial charge < -0.3 is 14.5 Å². The minimum absolute atomic E-state index is 0.00863. The maximum atomic E-state index is 13.1. The summed E-state index contributed by atoms with van der Waals surface area (Å²) in [5, 5.41) is 0.838. The zero-order chi connectivity index (χ0) is 20.4. The first kappa shape index (κ1) is 20.3. The van der Waals surface area contributed by atoms with Gasteiger partial charge in [0.15, 0.2) is 0 Å². The molecule has 1 saturated heterocycles. The molecule has 1 amide bonds. The predicted octanol–water partition coefficient (Wildman–Crippen LogP) is 4.94. The number of thiophene rings is 1. The monoisotopic (exact) mass is 447 g/mol. The summed E-state index contributed by atoms with van der Waals surface area (Å²) in [6, 6.07) is 12.1. The molecule has 0 spiro atoms. The highest BCUT2D eigenvalue weighted by atomic mass is 35.5. The number of aromatic nitrogens is 1. The molecular weight excluding hydrogens is 426 g/mol. The van der Waals surface area contributed by atoms with Crippen molar-refractivity contribution in [1.29, 1.82) is 0 Å². The Hall–Kier alpha value is -1.93. The van der Waals surface area contributed by atoms with Crippen LogP contribution in [0.3, 0.4) is 0 Å². The molecule has 0 bridgehead atoms. The van der Waals surface area contributed by atoms with Gasteiger partial charge in [0.25, 0.3) is 5.91 Å². The van der Waals surface area contributed by atoms with Crippen molar-refractivity contribution < 1.29 is 9.53 Å². The number of halogens is 1. The molecule has 1 aliphatic rings. The van der Waals surface area contributed by atoms with Crippen LogP contribution >= 0.6 is 34.3 Å². The average Bonchev–Trinajstić information content (AvgIpc) is 3.34. The quantitative estimate of drug-likeness (QED) is 0.555. The third-order valence-electron chi connectivity index (χ3n) is 4.87. The lowest BCUT2D eigenvalue weighted by Gasteiger charge is -2.31. The highest BCUT2D eigenvalue weighted by Gasteiger charge is 2.22. The van der Waals surface area contributed by atoms with E-state index in [1.807, 2.05) is 38.2 Å². The number of carbonyl (C=O) groups excluding carboxylic acids is 1. The van der Waals surface area contributed by atoms with Crippen molar-refractivity contribution in [2.24, 2.45) is 0 Å². The number of hydrogen-bond donors (Lipinski definition) is 0. The fourth-order valence-corrected chi connectivity index (χ4v) is 5.55. The highest BCUT2D eigenvalue weighted by Crippen LogP contribution is 2.35. The molecule has 0 radical (unpaired) electrons. The molecule has 3 heterocycles. The normalized spacial score (nSPS) is 14.2. The van der Waals surface area contributed by atoms with E-state index in [1.54, 1.807) is 4.90 Å². The summed E-state index contributed by atoms with van der Waals surface area (Å²) < 4.78 is 6.19. The molecule has 0 N–H and O–H groups in total. The third kappa shape index (κ3) is 4.48. The van der Waals surface area contributed by atoms with Gasteiger partial charge in [0.05, 0.1) is 28.1 Å². The first-order chi connectivity index (χ1) is 14.0. The molecule has 0 unspecified atom stereocenters. The van der Waals surface area contributed by atoms with Gasteiger partial charge in [-0.25, -0.2) is 4.98 Å². The van der Waals surface area contributed by atoms with Crippen LogP contribution in [0.25, 0.3) is 9.88 Å². The van der Waals surface area contributed by atoms with Gasteiger partial charge in [-0.1, -0.05) is 29.8 Å². The van der Waals surface area contributed by atoms with Crippen molar-refractivity contribution >= 4 is 45.9 Å². The summed E-state index contributed by atoms with van der Waals surface area (Å²) in [4.78, 5) is 23.5. The fourth-order valence-electron chi connectivity index (χ4n) is 3.39. The van der Waals surface area contributed by atoms with Crippen LogP contribution in [0.2, 0.25) is 4.34 Å². The van der Waals surface area contributed by atoms with Crippen LogP contribution in [-0.2, 0) is 11.3 Å². The number of thiazole rings is 1. The van der Waals surface area contributed by atoms with Crippen LogP contribution in [0.4, 0.5) is 5.69 Å². The number of anilines is 1. The Morgan fingerprint density at radius 1 is 1.21 bits per heavy atom. The number of aryl methyl sites for hydroxylation is 1. The van der Waals surface area contributed by atoms with Gasteiger partial charge >= 0.3 is 0 Å². The summed E-state index contributed by atoms with van der Waals surface area (Å²) in [5.74, 6) is -0.00863. The van der Waals surface area contributed by atoms with E-state index in [4.69, 9.17) is 16.3 Å². The zero-order valence-corrected chi connectivity index (χ0v) is 18.7. The molecule has 4 rings (SSSR count). The fraction of sp³-hybridized carbons (Fsp3) is 0.333. The van der Waals surface area contributed by atoms with Gasteiger partial charge in [0.2, 0.25) is 0 Å². The summed E-state index contributed by atoms with van der Waals surface area (Å²) in [6.07, 6.45) is 0. The van der Waals surface area contributed by atoms with Crippen LogP contribution in [0.1, 0.15) is 20.9 Å². The van der Waals surface area contributed by atoms with Gasteiger partial charge in [-0.15, -0.1) is 22.7 Å². The molecule has 3 aromatic rings. The lowest BCUT2D eigenvalue weighted by molar-refractivity contribution is 0.0788. The number of ether oxygens (including phenoxy) is 1. The molecule has 152 valence electrons. The number of benzene rings is 1. The maximum Gasteiger partial charge on any atom is 0.265 e. The Bertz CT molecular complexity index is 1010. The van der Waals surface area contributed by atoms with Crippen LogP contribution in [-0.4, -0.2) is 49.1 Å². The van der Waals surface area contributed by atoms with Gasteiger partial charge in [-0.3, -0.25) is 4.79 Å². The number of morpholine rings is 1.